The van der Waals surface area contributed by atoms with E-state index in [1.54, 1.807) is 0 Å². The first-order valence-corrected chi connectivity index (χ1v) is 3.79. The number of ether oxygens (including phenoxy) is 1. The molecule has 2 nitrogen and oxygen atoms in total. The van der Waals surface area contributed by atoms with Crippen molar-refractivity contribution >= 4 is 6.47 Å². The smallest absolute Gasteiger partial charge is 0.293 e. The highest BCUT2D eigenvalue weighted by atomic mass is 19.1. The van der Waals surface area contributed by atoms with Gasteiger partial charge in [0.2, 0.25) is 0 Å². The monoisotopic (exact) mass is 198 g/mol. The Bertz CT molecular complexity index is 159. The zero-order valence-corrected chi connectivity index (χ0v) is 7.65. The molecule has 0 saturated heterocycles. The van der Waals surface area contributed by atoms with E-state index < -0.39 is 31.0 Å². The van der Waals surface area contributed by atoms with Crippen LogP contribution in [0.2, 0.25) is 0 Å². The largest absolute Gasteiger partial charge is 0.461 e. The van der Waals surface area contributed by atoms with Gasteiger partial charge in [-0.25, -0.2) is 0 Å². The molecule has 0 radical (unpaired) electrons. The molecular formula is C8H13F3O2. The summed E-state index contributed by atoms with van der Waals surface area (Å²) in [7, 11) is 0. The molecule has 5 heteroatoms. The van der Waals surface area contributed by atoms with Crippen LogP contribution in [0.3, 0.4) is 0 Å². The molecule has 13 heavy (non-hydrogen) atoms. The van der Waals surface area contributed by atoms with Crippen LogP contribution < -0.4 is 0 Å². The molecule has 0 heterocycles. The summed E-state index contributed by atoms with van der Waals surface area (Å²) in [5, 5.41) is 0. The van der Waals surface area contributed by atoms with Crippen LogP contribution in [0.1, 0.15) is 13.8 Å². The van der Waals surface area contributed by atoms with E-state index in [0.717, 1.165) is 0 Å². The van der Waals surface area contributed by atoms with Gasteiger partial charge in [-0.3, -0.25) is 18.0 Å². The van der Waals surface area contributed by atoms with E-state index in [4.69, 9.17) is 0 Å². The van der Waals surface area contributed by atoms with Gasteiger partial charge in [0.1, 0.15) is 25.6 Å². The SMILES string of the molecule is CC(C)(OC=O)C(CF)(CF)CF. The summed E-state index contributed by atoms with van der Waals surface area (Å²) in [6, 6.07) is 0. The van der Waals surface area contributed by atoms with Crippen molar-refractivity contribution < 1.29 is 22.7 Å². The lowest BCUT2D eigenvalue weighted by molar-refractivity contribution is -0.161. The van der Waals surface area contributed by atoms with Gasteiger partial charge in [-0.05, 0) is 13.8 Å². The van der Waals surface area contributed by atoms with Gasteiger partial charge in [0.15, 0.2) is 0 Å². The maximum atomic E-state index is 12.5. The van der Waals surface area contributed by atoms with E-state index in [1.807, 2.05) is 0 Å². The number of alkyl halides is 3. The zero-order valence-electron chi connectivity index (χ0n) is 7.65. The molecule has 0 aromatic carbocycles. The van der Waals surface area contributed by atoms with E-state index >= 15 is 0 Å². The Hall–Kier alpha value is -0.740. The molecule has 0 unspecified atom stereocenters. The normalized spacial score (nSPS) is 12.7. The van der Waals surface area contributed by atoms with Crippen LogP contribution in [0, 0.1) is 5.41 Å². The number of carbonyl (C=O) groups is 1. The van der Waals surface area contributed by atoms with Crippen molar-refractivity contribution in [2.45, 2.75) is 19.4 Å². The van der Waals surface area contributed by atoms with Crippen LogP contribution in [0.4, 0.5) is 13.2 Å². The predicted molar refractivity (Wildman–Crippen MR) is 41.6 cm³/mol. The summed E-state index contributed by atoms with van der Waals surface area (Å²) in [5.74, 6) is 0. The Labute approximate surface area is 75.1 Å². The number of rotatable bonds is 6. The van der Waals surface area contributed by atoms with Crippen LogP contribution in [0.25, 0.3) is 0 Å². The molecule has 0 spiro atoms. The third-order valence-corrected chi connectivity index (χ3v) is 2.39. The highest BCUT2D eigenvalue weighted by Gasteiger charge is 2.48. The van der Waals surface area contributed by atoms with Crippen molar-refractivity contribution in [3.05, 3.63) is 0 Å². The van der Waals surface area contributed by atoms with Gasteiger partial charge in [-0.1, -0.05) is 0 Å². The Morgan fingerprint density at radius 3 is 1.77 bits per heavy atom. The fourth-order valence-corrected chi connectivity index (χ4v) is 0.835. The molecule has 0 aliphatic carbocycles. The quantitative estimate of drug-likeness (QED) is 0.608. The van der Waals surface area contributed by atoms with Crippen LogP contribution in [-0.4, -0.2) is 32.1 Å². The maximum Gasteiger partial charge on any atom is 0.293 e. The summed E-state index contributed by atoms with van der Waals surface area (Å²) in [4.78, 5) is 10.0. The second-order valence-electron chi connectivity index (χ2n) is 3.41. The Morgan fingerprint density at radius 2 is 1.54 bits per heavy atom. The van der Waals surface area contributed by atoms with E-state index in [9.17, 15) is 18.0 Å². The van der Waals surface area contributed by atoms with Crippen molar-refractivity contribution in [3.63, 3.8) is 0 Å². The molecule has 0 rings (SSSR count). The third-order valence-electron chi connectivity index (χ3n) is 2.39. The molecule has 0 aliphatic heterocycles. The molecule has 0 bridgehead atoms. The third kappa shape index (κ3) is 2.14. The molecule has 0 aliphatic rings. The summed E-state index contributed by atoms with van der Waals surface area (Å²) in [6.07, 6.45) is 0. The van der Waals surface area contributed by atoms with Crippen molar-refractivity contribution in [3.8, 4) is 0 Å². The average Bonchev–Trinajstić information content (AvgIpc) is 2.07. The summed E-state index contributed by atoms with van der Waals surface area (Å²) in [6.45, 7) is -1.00. The van der Waals surface area contributed by atoms with E-state index in [-0.39, 0.29) is 6.47 Å². The number of hydrogen-bond acceptors (Lipinski definition) is 2. The van der Waals surface area contributed by atoms with Crippen LogP contribution in [0.15, 0.2) is 0 Å². The molecule has 0 fully saturated rings. The average molecular weight is 198 g/mol. The first kappa shape index (κ1) is 12.3. The van der Waals surface area contributed by atoms with E-state index in [1.165, 1.54) is 13.8 Å². The number of carbonyl (C=O) groups excluding carboxylic acids is 1. The lowest BCUT2D eigenvalue weighted by Gasteiger charge is -2.39. The van der Waals surface area contributed by atoms with Gasteiger partial charge in [0, 0.05) is 0 Å². The molecule has 0 atom stereocenters. The minimum Gasteiger partial charge on any atom is -0.461 e. The maximum absolute atomic E-state index is 12.5. The molecular weight excluding hydrogens is 185 g/mol. The summed E-state index contributed by atoms with van der Waals surface area (Å²) in [5.41, 5.74) is -3.36. The van der Waals surface area contributed by atoms with E-state index in [0.29, 0.717) is 0 Å². The zero-order chi connectivity index (χ0) is 10.5. The van der Waals surface area contributed by atoms with Gasteiger partial charge in [-0.15, -0.1) is 0 Å². The lowest BCUT2D eigenvalue weighted by atomic mass is 9.77. The minimum absolute atomic E-state index is 0.0652. The highest BCUT2D eigenvalue weighted by molar-refractivity contribution is 5.38. The van der Waals surface area contributed by atoms with Gasteiger partial charge in [0.05, 0.1) is 5.41 Å². The second kappa shape index (κ2) is 4.48. The van der Waals surface area contributed by atoms with Crippen LogP contribution in [0.5, 0.6) is 0 Å². The fraction of sp³-hybridized carbons (Fsp3) is 0.875. The van der Waals surface area contributed by atoms with Gasteiger partial charge in [-0.2, -0.15) is 0 Å². The van der Waals surface area contributed by atoms with Crippen molar-refractivity contribution in [1.82, 2.24) is 0 Å². The molecule has 0 aromatic heterocycles. The Kier molecular flexibility index (Phi) is 4.23. The van der Waals surface area contributed by atoms with E-state index in [2.05, 4.69) is 4.74 Å². The fourth-order valence-electron chi connectivity index (χ4n) is 0.835. The first-order valence-electron chi connectivity index (χ1n) is 3.79. The van der Waals surface area contributed by atoms with Crippen LogP contribution >= 0.6 is 0 Å². The summed E-state index contributed by atoms with van der Waals surface area (Å²) >= 11 is 0. The predicted octanol–water partition coefficient (Wildman–Crippen LogP) is 1.83. The van der Waals surface area contributed by atoms with Crippen molar-refractivity contribution in [1.29, 1.82) is 0 Å². The van der Waals surface area contributed by atoms with Gasteiger partial charge < -0.3 is 4.74 Å². The molecule has 78 valence electrons. The molecule has 0 amide bonds. The highest BCUT2D eigenvalue weighted by Crippen LogP contribution is 2.35. The van der Waals surface area contributed by atoms with Crippen molar-refractivity contribution in [2.75, 3.05) is 20.0 Å². The topological polar surface area (TPSA) is 26.3 Å². The minimum atomic E-state index is -1.88. The van der Waals surface area contributed by atoms with Gasteiger partial charge in [0.25, 0.3) is 6.47 Å². The number of halogens is 3. The van der Waals surface area contributed by atoms with Gasteiger partial charge >= 0.3 is 0 Å². The standard InChI is InChI=1S/C8H13F3O2/c1-7(2,13-6-12)8(3-9,4-10)5-11/h6H,3-5H2,1-2H3. The lowest BCUT2D eigenvalue weighted by Crippen LogP contribution is -2.50. The Morgan fingerprint density at radius 1 is 1.15 bits per heavy atom. The molecule has 0 aromatic rings. The van der Waals surface area contributed by atoms with Crippen molar-refractivity contribution in [2.24, 2.45) is 5.41 Å². The first-order chi connectivity index (χ1) is 5.99. The summed E-state index contributed by atoms with van der Waals surface area (Å²) < 4.78 is 41.8. The Balaban J connectivity index is 4.78. The molecule has 0 saturated carbocycles. The van der Waals surface area contributed by atoms with Crippen LogP contribution in [-0.2, 0) is 9.53 Å². The number of hydrogen-bond donors (Lipinski definition) is 0. The second-order valence-corrected chi connectivity index (χ2v) is 3.41. The molecule has 0 N–H and O–H groups in total.